The van der Waals surface area contributed by atoms with Gasteiger partial charge in [-0.15, -0.1) is 0 Å². The Morgan fingerprint density at radius 2 is 1.70 bits per heavy atom. The van der Waals surface area contributed by atoms with Crippen molar-refractivity contribution >= 4 is 40.0 Å². The van der Waals surface area contributed by atoms with Crippen LogP contribution in [0.5, 0.6) is 5.75 Å². The van der Waals surface area contributed by atoms with E-state index in [1.807, 2.05) is 30.3 Å². The average Bonchev–Trinajstić information content (AvgIpc) is 2.46. The van der Waals surface area contributed by atoms with Crippen LogP contribution in [0.2, 0.25) is 10.0 Å². The highest BCUT2D eigenvalue weighted by Crippen LogP contribution is 2.35. The van der Waals surface area contributed by atoms with E-state index in [-0.39, 0.29) is 5.17 Å². The molecular weight excluding hydrogens is 321 g/mol. The number of halogens is 3. The fourth-order valence-electron chi connectivity index (χ4n) is 1.60. The third kappa shape index (κ3) is 3.57. The standard InChI is InChI=1S/C14H10Cl3NO2/c15-11-6-10(14(17)18-19)7-12(16)13(11)20-8-9-4-2-1-3-5-9/h1-7,19H,8H2. The molecule has 2 aromatic rings. The first-order chi connectivity index (χ1) is 9.61. The minimum atomic E-state index is -0.0941. The zero-order chi connectivity index (χ0) is 14.5. The Kier molecular flexibility index (Phi) is 5.12. The second kappa shape index (κ2) is 6.84. The fraction of sp³-hybridized carbons (Fsp3) is 0.0714. The van der Waals surface area contributed by atoms with Gasteiger partial charge >= 0.3 is 0 Å². The van der Waals surface area contributed by atoms with Crippen molar-refractivity contribution in [2.24, 2.45) is 5.16 Å². The lowest BCUT2D eigenvalue weighted by atomic mass is 10.2. The quantitative estimate of drug-likeness (QED) is 0.490. The van der Waals surface area contributed by atoms with Crippen molar-refractivity contribution in [1.29, 1.82) is 0 Å². The molecule has 3 nitrogen and oxygen atoms in total. The number of hydrogen-bond acceptors (Lipinski definition) is 3. The van der Waals surface area contributed by atoms with E-state index >= 15 is 0 Å². The number of hydrogen-bond donors (Lipinski definition) is 1. The molecule has 2 rings (SSSR count). The van der Waals surface area contributed by atoms with Gasteiger partial charge in [0.05, 0.1) is 10.0 Å². The van der Waals surface area contributed by atoms with Crippen molar-refractivity contribution in [3.8, 4) is 5.75 Å². The number of oxime groups is 1. The van der Waals surface area contributed by atoms with Crippen LogP contribution in [0, 0.1) is 0 Å². The highest BCUT2D eigenvalue weighted by Gasteiger charge is 2.12. The van der Waals surface area contributed by atoms with E-state index < -0.39 is 0 Å². The molecule has 0 saturated heterocycles. The predicted molar refractivity (Wildman–Crippen MR) is 81.4 cm³/mol. The molecular formula is C14H10Cl3NO2. The van der Waals surface area contributed by atoms with Crippen LogP contribution in [0.1, 0.15) is 11.1 Å². The number of nitrogens with zero attached hydrogens (tertiary/aromatic N) is 1. The highest BCUT2D eigenvalue weighted by atomic mass is 35.5. The smallest absolute Gasteiger partial charge is 0.175 e. The predicted octanol–water partition coefficient (Wildman–Crippen LogP) is 4.95. The maximum atomic E-state index is 8.63. The molecule has 2 aromatic carbocycles. The first-order valence-corrected chi connectivity index (χ1v) is 6.79. The van der Waals surface area contributed by atoms with Crippen molar-refractivity contribution in [2.45, 2.75) is 6.61 Å². The van der Waals surface area contributed by atoms with E-state index in [0.29, 0.717) is 28.0 Å². The molecule has 20 heavy (non-hydrogen) atoms. The molecule has 0 spiro atoms. The molecule has 0 saturated carbocycles. The van der Waals surface area contributed by atoms with Gasteiger partial charge < -0.3 is 9.94 Å². The molecule has 0 aliphatic rings. The van der Waals surface area contributed by atoms with Crippen molar-refractivity contribution in [3.05, 3.63) is 63.6 Å². The average molecular weight is 331 g/mol. The van der Waals surface area contributed by atoms with Crippen molar-refractivity contribution < 1.29 is 9.94 Å². The van der Waals surface area contributed by atoms with Gasteiger partial charge in [0.1, 0.15) is 6.61 Å². The van der Waals surface area contributed by atoms with Gasteiger partial charge in [0.25, 0.3) is 0 Å². The molecule has 6 heteroatoms. The summed E-state index contributed by atoms with van der Waals surface area (Å²) in [4.78, 5) is 0. The summed E-state index contributed by atoms with van der Waals surface area (Å²) in [5, 5.41) is 12.0. The van der Waals surface area contributed by atoms with Gasteiger partial charge in [0.15, 0.2) is 10.9 Å². The minimum absolute atomic E-state index is 0.0941. The van der Waals surface area contributed by atoms with Crippen molar-refractivity contribution in [1.82, 2.24) is 0 Å². The third-order valence-corrected chi connectivity index (χ3v) is 3.41. The van der Waals surface area contributed by atoms with E-state index in [1.54, 1.807) is 0 Å². The van der Waals surface area contributed by atoms with Crippen LogP contribution in [0.3, 0.4) is 0 Å². The zero-order valence-corrected chi connectivity index (χ0v) is 12.5. The van der Waals surface area contributed by atoms with Gasteiger partial charge in [0, 0.05) is 5.56 Å². The molecule has 0 heterocycles. The van der Waals surface area contributed by atoms with Crippen LogP contribution in [0.25, 0.3) is 0 Å². The van der Waals surface area contributed by atoms with E-state index in [0.717, 1.165) is 5.56 Å². The maximum absolute atomic E-state index is 8.63. The molecule has 0 unspecified atom stereocenters. The Balaban J connectivity index is 2.21. The second-order valence-electron chi connectivity index (χ2n) is 3.93. The van der Waals surface area contributed by atoms with Crippen LogP contribution < -0.4 is 4.74 Å². The topological polar surface area (TPSA) is 41.8 Å². The Morgan fingerprint density at radius 1 is 1.10 bits per heavy atom. The van der Waals surface area contributed by atoms with Crippen molar-refractivity contribution in [3.63, 3.8) is 0 Å². The first-order valence-electron chi connectivity index (χ1n) is 5.65. The van der Waals surface area contributed by atoms with Crippen LogP contribution in [0.4, 0.5) is 0 Å². The zero-order valence-electron chi connectivity index (χ0n) is 10.2. The van der Waals surface area contributed by atoms with Gasteiger partial charge in [-0.2, -0.15) is 0 Å². The molecule has 0 atom stereocenters. The summed E-state index contributed by atoms with van der Waals surface area (Å²) in [6, 6.07) is 12.7. The molecule has 0 bridgehead atoms. The summed E-state index contributed by atoms with van der Waals surface area (Å²) in [7, 11) is 0. The van der Waals surface area contributed by atoms with E-state index in [4.69, 9.17) is 44.7 Å². The van der Waals surface area contributed by atoms with Gasteiger partial charge in [-0.05, 0) is 17.7 Å². The lowest BCUT2D eigenvalue weighted by Crippen LogP contribution is -1.98. The number of rotatable bonds is 4. The maximum Gasteiger partial charge on any atom is 0.175 e. The van der Waals surface area contributed by atoms with Crippen LogP contribution in [-0.2, 0) is 6.61 Å². The molecule has 1 N–H and O–H groups in total. The lowest BCUT2D eigenvalue weighted by Gasteiger charge is -2.11. The minimum Gasteiger partial charge on any atom is -0.486 e. The van der Waals surface area contributed by atoms with E-state index in [2.05, 4.69) is 5.16 Å². The monoisotopic (exact) mass is 329 g/mol. The van der Waals surface area contributed by atoms with Gasteiger partial charge in [-0.1, -0.05) is 70.3 Å². The molecule has 0 aliphatic carbocycles. The van der Waals surface area contributed by atoms with Crippen LogP contribution in [0.15, 0.2) is 47.6 Å². The van der Waals surface area contributed by atoms with Crippen molar-refractivity contribution in [2.75, 3.05) is 0 Å². The molecule has 0 fully saturated rings. The molecule has 0 radical (unpaired) electrons. The number of ether oxygens (including phenoxy) is 1. The number of benzene rings is 2. The Morgan fingerprint density at radius 3 is 2.25 bits per heavy atom. The Labute approximate surface area is 131 Å². The summed E-state index contributed by atoms with van der Waals surface area (Å²) in [5.74, 6) is 0.364. The highest BCUT2D eigenvalue weighted by molar-refractivity contribution is 6.69. The molecule has 0 aromatic heterocycles. The van der Waals surface area contributed by atoms with E-state index in [9.17, 15) is 0 Å². The largest absolute Gasteiger partial charge is 0.486 e. The molecule has 104 valence electrons. The normalized spacial score (nSPS) is 11.4. The SMILES string of the molecule is ON=C(Cl)c1cc(Cl)c(OCc2ccccc2)c(Cl)c1. The summed E-state index contributed by atoms with van der Waals surface area (Å²) in [6.07, 6.45) is 0. The van der Waals surface area contributed by atoms with Gasteiger partial charge in [-0.3, -0.25) is 0 Å². The Hall–Kier alpha value is -1.42. The summed E-state index contributed by atoms with van der Waals surface area (Å²) in [6.45, 7) is 0.349. The molecule has 0 amide bonds. The van der Waals surface area contributed by atoms with Crippen LogP contribution >= 0.6 is 34.8 Å². The van der Waals surface area contributed by atoms with Gasteiger partial charge in [0.2, 0.25) is 0 Å². The van der Waals surface area contributed by atoms with E-state index in [1.165, 1.54) is 12.1 Å². The van der Waals surface area contributed by atoms with Crippen LogP contribution in [-0.4, -0.2) is 10.4 Å². The summed E-state index contributed by atoms with van der Waals surface area (Å²) >= 11 is 17.9. The fourth-order valence-corrected chi connectivity index (χ4v) is 2.31. The Bertz CT molecular complexity index is 607. The summed E-state index contributed by atoms with van der Waals surface area (Å²) < 4.78 is 5.61. The first kappa shape index (κ1) is 15.0. The second-order valence-corrected chi connectivity index (χ2v) is 5.11. The molecule has 0 aliphatic heterocycles. The van der Waals surface area contributed by atoms with Gasteiger partial charge in [-0.25, -0.2) is 0 Å². The lowest BCUT2D eigenvalue weighted by molar-refractivity contribution is 0.306. The summed E-state index contributed by atoms with van der Waals surface area (Å²) in [5.41, 5.74) is 1.41. The third-order valence-electron chi connectivity index (χ3n) is 2.55.